The van der Waals surface area contributed by atoms with Crippen molar-refractivity contribution >= 4 is 23.3 Å². The molecule has 2 heterocycles. The van der Waals surface area contributed by atoms with Crippen molar-refractivity contribution in [1.29, 1.82) is 0 Å². The van der Waals surface area contributed by atoms with Gasteiger partial charge < -0.3 is 9.57 Å². The Morgan fingerprint density at radius 2 is 1.82 bits per heavy atom. The second-order valence-electron chi connectivity index (χ2n) is 5.33. The molecule has 0 fully saturated rings. The molecule has 2 aliphatic rings. The maximum absolute atomic E-state index is 12.2. The van der Waals surface area contributed by atoms with E-state index in [0.717, 1.165) is 16.9 Å². The van der Waals surface area contributed by atoms with Gasteiger partial charge in [-0.1, -0.05) is 47.1 Å². The zero-order valence-corrected chi connectivity index (χ0v) is 12.3. The number of carbonyl (C=O) groups excluding carboxylic acids is 1. The molecular formula is C17H12ClNO3. The summed E-state index contributed by atoms with van der Waals surface area (Å²) in [6.07, 6.45) is 0. The predicted octanol–water partition coefficient (Wildman–Crippen LogP) is 3.39. The summed E-state index contributed by atoms with van der Waals surface area (Å²) in [6.45, 7) is 0.261. The maximum Gasteiger partial charge on any atom is 0.344 e. The van der Waals surface area contributed by atoms with Gasteiger partial charge in [-0.25, -0.2) is 4.79 Å². The van der Waals surface area contributed by atoms with Gasteiger partial charge in [0.05, 0.1) is 0 Å². The summed E-state index contributed by atoms with van der Waals surface area (Å²) in [5.41, 5.74) is 2.57. The molecule has 2 aromatic carbocycles. The lowest BCUT2D eigenvalue weighted by atomic mass is 9.79. The highest BCUT2D eigenvalue weighted by molar-refractivity contribution is 6.30. The van der Waals surface area contributed by atoms with Gasteiger partial charge in [0.1, 0.15) is 24.0 Å². The van der Waals surface area contributed by atoms with Crippen LogP contribution in [-0.2, 0) is 9.63 Å². The van der Waals surface area contributed by atoms with Gasteiger partial charge in [-0.3, -0.25) is 0 Å². The number of para-hydroxylation sites is 1. The fourth-order valence-electron chi connectivity index (χ4n) is 3.04. The Morgan fingerprint density at radius 3 is 2.64 bits per heavy atom. The average molecular weight is 314 g/mol. The fourth-order valence-corrected chi connectivity index (χ4v) is 3.17. The summed E-state index contributed by atoms with van der Waals surface area (Å²) < 4.78 is 5.80. The van der Waals surface area contributed by atoms with Crippen LogP contribution in [0.1, 0.15) is 17.0 Å². The smallest absolute Gasteiger partial charge is 0.344 e. The zero-order valence-electron chi connectivity index (χ0n) is 11.5. The molecule has 0 radical (unpaired) electrons. The summed E-state index contributed by atoms with van der Waals surface area (Å²) in [7, 11) is 0. The van der Waals surface area contributed by atoms with Gasteiger partial charge in [-0.05, 0) is 23.8 Å². The van der Waals surface area contributed by atoms with E-state index >= 15 is 0 Å². The summed E-state index contributed by atoms with van der Waals surface area (Å²) in [4.78, 5) is 17.1. The number of ether oxygens (including phenoxy) is 1. The highest BCUT2D eigenvalue weighted by atomic mass is 35.5. The quantitative estimate of drug-likeness (QED) is 0.758. The lowest BCUT2D eigenvalue weighted by Crippen LogP contribution is -2.27. The van der Waals surface area contributed by atoms with Crippen molar-refractivity contribution in [3.8, 4) is 5.75 Å². The molecule has 0 spiro atoms. The number of fused-ring (bicyclic) bond motifs is 2. The zero-order chi connectivity index (χ0) is 15.1. The highest BCUT2D eigenvalue weighted by Crippen LogP contribution is 2.42. The van der Waals surface area contributed by atoms with Gasteiger partial charge >= 0.3 is 5.97 Å². The minimum absolute atomic E-state index is 0.190. The molecule has 5 heteroatoms. The monoisotopic (exact) mass is 313 g/mol. The first-order valence-corrected chi connectivity index (χ1v) is 7.36. The number of nitrogens with zero attached hydrogens (tertiary/aromatic N) is 1. The van der Waals surface area contributed by atoms with Crippen LogP contribution in [-0.4, -0.2) is 18.3 Å². The summed E-state index contributed by atoms with van der Waals surface area (Å²) in [5.74, 6) is -0.211. The number of rotatable bonds is 1. The van der Waals surface area contributed by atoms with Crippen LogP contribution in [0.25, 0.3) is 0 Å². The third kappa shape index (κ3) is 2.07. The average Bonchev–Trinajstić information content (AvgIpc) is 2.80. The van der Waals surface area contributed by atoms with E-state index in [4.69, 9.17) is 21.2 Å². The Balaban J connectivity index is 1.91. The van der Waals surface area contributed by atoms with Gasteiger partial charge in [0, 0.05) is 16.5 Å². The van der Waals surface area contributed by atoms with Gasteiger partial charge in [0.2, 0.25) is 0 Å². The minimum Gasteiger partial charge on any atom is -0.487 e. The Morgan fingerprint density at radius 1 is 1.05 bits per heavy atom. The molecule has 2 aliphatic heterocycles. The Bertz CT molecular complexity index is 770. The van der Waals surface area contributed by atoms with Gasteiger partial charge in [-0.2, -0.15) is 0 Å². The lowest BCUT2D eigenvalue weighted by Gasteiger charge is -2.21. The Labute approximate surface area is 132 Å². The van der Waals surface area contributed by atoms with Crippen molar-refractivity contribution in [1.82, 2.24) is 0 Å². The molecule has 0 N–H and O–H groups in total. The van der Waals surface area contributed by atoms with Gasteiger partial charge in [-0.15, -0.1) is 0 Å². The van der Waals surface area contributed by atoms with E-state index in [9.17, 15) is 4.79 Å². The Hall–Kier alpha value is -2.33. The van der Waals surface area contributed by atoms with Crippen LogP contribution in [0.2, 0.25) is 5.02 Å². The third-order valence-corrected chi connectivity index (χ3v) is 4.31. The molecule has 0 aromatic heterocycles. The second kappa shape index (κ2) is 5.14. The van der Waals surface area contributed by atoms with Crippen LogP contribution >= 0.6 is 11.6 Å². The molecule has 0 bridgehead atoms. The van der Waals surface area contributed by atoms with Crippen LogP contribution < -0.4 is 4.74 Å². The molecule has 0 saturated heterocycles. The first-order chi connectivity index (χ1) is 10.7. The molecule has 4 rings (SSSR count). The Kier molecular flexibility index (Phi) is 3.12. The summed E-state index contributed by atoms with van der Waals surface area (Å²) in [6, 6.07) is 15.2. The molecular weight excluding hydrogens is 302 g/mol. The number of benzene rings is 2. The topological polar surface area (TPSA) is 47.9 Å². The van der Waals surface area contributed by atoms with Crippen LogP contribution in [0.5, 0.6) is 5.75 Å². The molecule has 22 heavy (non-hydrogen) atoms. The number of oxime groups is 1. The fraction of sp³-hybridized carbons (Fsp3) is 0.176. The standard InChI is InChI=1S/C17H12ClNO3/c18-11-7-5-10(6-8-11)15-12-3-1-2-4-14(12)21-9-13-16(15)17(20)22-19-13/h1-8,15-16H,9H2. The van der Waals surface area contributed by atoms with E-state index in [1.807, 2.05) is 48.5 Å². The van der Waals surface area contributed by atoms with Crippen molar-refractivity contribution in [3.63, 3.8) is 0 Å². The normalized spacial score (nSPS) is 22.8. The van der Waals surface area contributed by atoms with Crippen LogP contribution in [0.15, 0.2) is 53.7 Å². The number of carbonyl (C=O) groups is 1. The van der Waals surface area contributed by atoms with E-state index in [2.05, 4.69) is 5.16 Å². The summed E-state index contributed by atoms with van der Waals surface area (Å²) >= 11 is 5.98. The van der Waals surface area contributed by atoms with Gasteiger partial charge in [0.25, 0.3) is 0 Å². The number of halogens is 1. The molecule has 2 unspecified atom stereocenters. The van der Waals surface area contributed by atoms with Crippen LogP contribution in [0.3, 0.4) is 0 Å². The SMILES string of the molecule is O=C1ON=C2COc3ccccc3C(c3ccc(Cl)cc3)C12. The summed E-state index contributed by atoms with van der Waals surface area (Å²) in [5, 5.41) is 4.55. The molecule has 4 nitrogen and oxygen atoms in total. The molecule has 2 atom stereocenters. The van der Waals surface area contributed by atoms with E-state index in [1.165, 1.54) is 0 Å². The van der Waals surface area contributed by atoms with Crippen LogP contribution in [0, 0.1) is 5.92 Å². The van der Waals surface area contributed by atoms with Crippen molar-refractivity contribution in [2.24, 2.45) is 11.1 Å². The predicted molar refractivity (Wildman–Crippen MR) is 82.2 cm³/mol. The molecule has 2 aromatic rings. The third-order valence-electron chi connectivity index (χ3n) is 4.06. The van der Waals surface area contributed by atoms with E-state index in [0.29, 0.717) is 10.7 Å². The molecule has 0 amide bonds. The number of hydrogen-bond donors (Lipinski definition) is 0. The van der Waals surface area contributed by atoms with Crippen molar-refractivity contribution < 1.29 is 14.4 Å². The molecule has 0 aliphatic carbocycles. The minimum atomic E-state index is -0.454. The van der Waals surface area contributed by atoms with Crippen molar-refractivity contribution in [2.45, 2.75) is 5.92 Å². The number of hydrogen-bond acceptors (Lipinski definition) is 4. The first-order valence-electron chi connectivity index (χ1n) is 6.99. The maximum atomic E-state index is 12.2. The molecule has 110 valence electrons. The first kappa shape index (κ1) is 13.3. The highest BCUT2D eigenvalue weighted by Gasteiger charge is 2.43. The van der Waals surface area contributed by atoms with E-state index in [1.54, 1.807) is 0 Å². The van der Waals surface area contributed by atoms with Crippen LogP contribution in [0.4, 0.5) is 0 Å². The van der Waals surface area contributed by atoms with Gasteiger partial charge in [0.15, 0.2) is 0 Å². The lowest BCUT2D eigenvalue weighted by molar-refractivity contribution is -0.143. The molecule has 0 saturated carbocycles. The van der Waals surface area contributed by atoms with E-state index < -0.39 is 5.92 Å². The second-order valence-corrected chi connectivity index (χ2v) is 5.76. The van der Waals surface area contributed by atoms with E-state index in [-0.39, 0.29) is 18.5 Å². The largest absolute Gasteiger partial charge is 0.487 e. The van der Waals surface area contributed by atoms with Crippen molar-refractivity contribution in [3.05, 3.63) is 64.7 Å². The van der Waals surface area contributed by atoms with Crippen molar-refractivity contribution in [2.75, 3.05) is 6.61 Å².